The summed E-state index contributed by atoms with van der Waals surface area (Å²) in [5.41, 5.74) is 4.52. The molecule has 0 spiro atoms. The fourth-order valence-corrected chi connectivity index (χ4v) is 0.748. The summed E-state index contributed by atoms with van der Waals surface area (Å²) in [6.45, 7) is 1.47. The van der Waals surface area contributed by atoms with Crippen molar-refractivity contribution in [2.24, 2.45) is 0 Å². The molecule has 0 aliphatic rings. The number of nitrogen functional groups attached to an aromatic ring is 1. The van der Waals surface area contributed by atoms with E-state index in [2.05, 4.69) is 9.97 Å². The fourth-order valence-electron chi connectivity index (χ4n) is 0.748. The van der Waals surface area contributed by atoms with Crippen molar-refractivity contribution in [3.05, 3.63) is 15.9 Å². The van der Waals surface area contributed by atoms with E-state index in [0.717, 1.165) is 0 Å². The Kier molecular flexibility index (Phi) is 1.78. The van der Waals surface area contributed by atoms with Crippen LogP contribution in [0.1, 0.15) is 5.82 Å². The minimum Gasteiger partial charge on any atom is -0.488 e. The quantitative estimate of drug-likeness (QED) is 0.452. The monoisotopic (exact) mass is 170 g/mol. The summed E-state index contributed by atoms with van der Waals surface area (Å²) in [5.74, 6) is -0.842. The minimum absolute atomic E-state index is 0.190. The van der Waals surface area contributed by atoms with Crippen molar-refractivity contribution in [1.82, 2.24) is 9.97 Å². The van der Waals surface area contributed by atoms with Gasteiger partial charge >= 0.3 is 5.69 Å². The molecule has 0 bridgehead atoms. The van der Waals surface area contributed by atoms with Gasteiger partial charge in [-0.25, -0.2) is 4.98 Å². The van der Waals surface area contributed by atoms with Crippen LogP contribution in [0.2, 0.25) is 0 Å². The highest BCUT2D eigenvalue weighted by Crippen LogP contribution is 2.27. The summed E-state index contributed by atoms with van der Waals surface area (Å²) in [4.78, 5) is 16.3. The van der Waals surface area contributed by atoms with Crippen LogP contribution in [-0.4, -0.2) is 20.0 Å². The Bertz CT molecular complexity index is 314. The second-order valence-electron chi connectivity index (χ2n) is 2.09. The molecule has 0 aliphatic carbocycles. The molecule has 0 saturated heterocycles. The lowest BCUT2D eigenvalue weighted by Crippen LogP contribution is -2.02. The lowest BCUT2D eigenvalue weighted by molar-refractivity contribution is -0.385. The molecule has 3 N–H and O–H groups in total. The average Bonchev–Trinajstić information content (AvgIpc) is 1.82. The molecule has 7 nitrogen and oxygen atoms in total. The van der Waals surface area contributed by atoms with Gasteiger partial charge in [-0.15, -0.1) is 0 Å². The van der Waals surface area contributed by atoms with Gasteiger partial charge in [0.1, 0.15) is 5.82 Å². The molecule has 0 unspecified atom stereocenters. The zero-order chi connectivity index (χ0) is 9.30. The van der Waals surface area contributed by atoms with Crippen molar-refractivity contribution in [2.45, 2.75) is 6.92 Å². The molecule has 12 heavy (non-hydrogen) atoms. The number of nitrogens with zero attached hydrogens (tertiary/aromatic N) is 3. The lowest BCUT2D eigenvalue weighted by Gasteiger charge is -1.98. The highest BCUT2D eigenvalue weighted by Gasteiger charge is 2.21. The number of nitrogens with two attached hydrogens (primary N) is 1. The van der Waals surface area contributed by atoms with Crippen LogP contribution in [0.5, 0.6) is 5.88 Å². The molecule has 1 rings (SSSR count). The second kappa shape index (κ2) is 2.61. The Balaban J connectivity index is 3.38. The van der Waals surface area contributed by atoms with E-state index >= 15 is 0 Å². The fraction of sp³-hybridized carbons (Fsp3) is 0.200. The number of rotatable bonds is 1. The predicted molar refractivity (Wildman–Crippen MR) is 39.5 cm³/mol. The van der Waals surface area contributed by atoms with E-state index in [4.69, 9.17) is 10.8 Å². The van der Waals surface area contributed by atoms with Crippen molar-refractivity contribution < 1.29 is 10.0 Å². The van der Waals surface area contributed by atoms with Crippen LogP contribution in [0.25, 0.3) is 0 Å². The number of aryl methyl sites for hydroxylation is 1. The van der Waals surface area contributed by atoms with E-state index in [0.29, 0.717) is 0 Å². The van der Waals surface area contributed by atoms with Gasteiger partial charge in [-0.05, 0) is 6.92 Å². The molecule has 0 radical (unpaired) electrons. The summed E-state index contributed by atoms with van der Waals surface area (Å²) in [6.07, 6.45) is 0. The molecular weight excluding hydrogens is 164 g/mol. The van der Waals surface area contributed by atoms with Gasteiger partial charge in [-0.1, -0.05) is 0 Å². The third kappa shape index (κ3) is 1.24. The summed E-state index contributed by atoms with van der Waals surface area (Å²) in [5, 5.41) is 19.2. The maximum absolute atomic E-state index is 10.2. The zero-order valence-corrected chi connectivity index (χ0v) is 6.18. The first-order chi connectivity index (χ1) is 5.52. The third-order valence-corrected chi connectivity index (χ3v) is 1.19. The van der Waals surface area contributed by atoms with Gasteiger partial charge in [0.25, 0.3) is 5.88 Å². The molecular formula is C5H6N4O3. The van der Waals surface area contributed by atoms with Crippen molar-refractivity contribution in [1.29, 1.82) is 0 Å². The van der Waals surface area contributed by atoms with Crippen LogP contribution < -0.4 is 5.73 Å². The first-order valence-electron chi connectivity index (χ1n) is 3.00. The molecule has 64 valence electrons. The summed E-state index contributed by atoms with van der Waals surface area (Å²) in [7, 11) is 0. The van der Waals surface area contributed by atoms with Gasteiger partial charge < -0.3 is 10.8 Å². The van der Waals surface area contributed by atoms with E-state index in [1.807, 2.05) is 0 Å². The highest BCUT2D eigenvalue weighted by atomic mass is 16.6. The Hall–Kier alpha value is -1.92. The Morgan fingerprint density at radius 3 is 2.58 bits per heavy atom. The third-order valence-electron chi connectivity index (χ3n) is 1.19. The molecule has 0 amide bonds. The maximum Gasteiger partial charge on any atom is 0.372 e. The molecule has 1 heterocycles. The number of aromatic hydroxyl groups is 1. The van der Waals surface area contributed by atoms with E-state index in [1.54, 1.807) is 0 Å². The van der Waals surface area contributed by atoms with E-state index in [-0.39, 0.29) is 11.6 Å². The standard InChI is InChI=1S/C5H6N4O3/c1-2-7-4(6)3(9(11)12)5(10)8-2/h1H3,(H3,6,7,8,10). The smallest absolute Gasteiger partial charge is 0.372 e. The largest absolute Gasteiger partial charge is 0.488 e. The lowest BCUT2D eigenvalue weighted by atomic mass is 10.4. The van der Waals surface area contributed by atoms with Gasteiger partial charge in [0.2, 0.25) is 5.82 Å². The van der Waals surface area contributed by atoms with Crippen LogP contribution in [-0.2, 0) is 0 Å². The van der Waals surface area contributed by atoms with Gasteiger partial charge in [0.15, 0.2) is 0 Å². The highest BCUT2D eigenvalue weighted by molar-refractivity contribution is 5.57. The zero-order valence-electron chi connectivity index (χ0n) is 6.18. The van der Waals surface area contributed by atoms with Gasteiger partial charge in [-0.3, -0.25) is 10.1 Å². The number of hydrogen-bond acceptors (Lipinski definition) is 6. The van der Waals surface area contributed by atoms with E-state index in [1.165, 1.54) is 6.92 Å². The van der Waals surface area contributed by atoms with Crippen molar-refractivity contribution in [2.75, 3.05) is 5.73 Å². The molecule has 1 aromatic heterocycles. The minimum atomic E-state index is -0.829. The summed E-state index contributed by atoms with van der Waals surface area (Å²) in [6, 6.07) is 0. The first-order valence-corrected chi connectivity index (χ1v) is 3.00. The topological polar surface area (TPSA) is 115 Å². The molecule has 0 fully saturated rings. The summed E-state index contributed by atoms with van der Waals surface area (Å²) < 4.78 is 0. The van der Waals surface area contributed by atoms with Crippen molar-refractivity contribution >= 4 is 11.5 Å². The van der Waals surface area contributed by atoms with Crippen LogP contribution in [0.3, 0.4) is 0 Å². The molecule has 0 saturated carbocycles. The molecule has 0 aliphatic heterocycles. The van der Waals surface area contributed by atoms with Crippen molar-refractivity contribution in [3.63, 3.8) is 0 Å². The number of aromatic nitrogens is 2. The Labute approximate surface area is 67.0 Å². The van der Waals surface area contributed by atoms with Gasteiger partial charge in [0, 0.05) is 0 Å². The second-order valence-corrected chi connectivity index (χ2v) is 2.09. The van der Waals surface area contributed by atoms with Crippen LogP contribution in [0.15, 0.2) is 0 Å². The number of anilines is 1. The molecule has 0 aromatic carbocycles. The van der Waals surface area contributed by atoms with Gasteiger partial charge in [-0.2, -0.15) is 4.98 Å². The first kappa shape index (κ1) is 8.18. The van der Waals surface area contributed by atoms with E-state index in [9.17, 15) is 10.1 Å². The van der Waals surface area contributed by atoms with E-state index < -0.39 is 16.5 Å². The predicted octanol–water partition coefficient (Wildman–Crippen LogP) is -0.0190. The average molecular weight is 170 g/mol. The van der Waals surface area contributed by atoms with Crippen molar-refractivity contribution in [3.8, 4) is 5.88 Å². The van der Waals surface area contributed by atoms with Crippen LogP contribution in [0.4, 0.5) is 11.5 Å². The molecule has 0 atom stereocenters. The van der Waals surface area contributed by atoms with Crippen LogP contribution in [0, 0.1) is 17.0 Å². The van der Waals surface area contributed by atoms with Crippen LogP contribution >= 0.6 is 0 Å². The normalized spacial score (nSPS) is 9.75. The number of nitro groups is 1. The SMILES string of the molecule is Cc1nc(N)c([N+](=O)[O-])c(O)n1. The molecule has 1 aromatic rings. The van der Waals surface area contributed by atoms with Gasteiger partial charge in [0.05, 0.1) is 4.92 Å². The maximum atomic E-state index is 10.2. The summed E-state index contributed by atoms with van der Waals surface area (Å²) >= 11 is 0. The molecule has 7 heteroatoms. The number of hydrogen-bond donors (Lipinski definition) is 2. The Morgan fingerprint density at radius 2 is 2.17 bits per heavy atom. The Morgan fingerprint density at radius 1 is 1.58 bits per heavy atom.